The molecule has 0 aliphatic heterocycles. The average molecular weight is 474 g/mol. The number of rotatable bonds is 7. The number of aliphatic imine (C=N–C) groups is 1. The minimum atomic E-state index is -0.184. The van der Waals surface area contributed by atoms with Crippen molar-refractivity contribution in [2.24, 2.45) is 4.99 Å². The van der Waals surface area contributed by atoms with Crippen LogP contribution in [0.5, 0.6) is 0 Å². The van der Waals surface area contributed by atoms with E-state index < -0.39 is 0 Å². The first kappa shape index (κ1) is 20.6. The number of benzene rings is 1. The maximum atomic E-state index is 13.6. The normalized spacial score (nSPS) is 11.0. The summed E-state index contributed by atoms with van der Waals surface area (Å²) in [6.07, 6.45) is 0.597. The summed E-state index contributed by atoms with van der Waals surface area (Å²) in [5.74, 6) is 0.538. The molecule has 0 aliphatic rings. The van der Waals surface area contributed by atoms with Gasteiger partial charge in [0.1, 0.15) is 5.82 Å². The van der Waals surface area contributed by atoms with E-state index in [1.54, 1.807) is 19.2 Å². The van der Waals surface area contributed by atoms with Gasteiger partial charge in [-0.15, -0.1) is 24.0 Å². The SMILES string of the molecule is CCNC(=NCCOC)NCCc1cc(Br)ccc1F.I. The van der Waals surface area contributed by atoms with Crippen LogP contribution in [0.2, 0.25) is 0 Å². The predicted octanol–water partition coefficient (Wildman–Crippen LogP) is 2.95. The van der Waals surface area contributed by atoms with Gasteiger partial charge in [-0.3, -0.25) is 4.99 Å². The quantitative estimate of drug-likeness (QED) is 0.277. The van der Waals surface area contributed by atoms with Crippen LogP contribution in [0.4, 0.5) is 4.39 Å². The molecule has 0 aliphatic carbocycles. The Morgan fingerprint density at radius 2 is 2.14 bits per heavy atom. The molecule has 0 bridgehead atoms. The molecule has 7 heteroatoms. The van der Waals surface area contributed by atoms with E-state index in [1.807, 2.05) is 6.92 Å². The lowest BCUT2D eigenvalue weighted by atomic mass is 10.1. The molecule has 0 saturated carbocycles. The highest BCUT2D eigenvalue weighted by molar-refractivity contribution is 14.0. The second kappa shape index (κ2) is 12.2. The maximum absolute atomic E-state index is 13.6. The van der Waals surface area contributed by atoms with Crippen molar-refractivity contribution in [3.8, 4) is 0 Å². The molecule has 1 rings (SSSR count). The lowest BCUT2D eigenvalue weighted by Gasteiger charge is -2.11. The Hall–Kier alpha value is -0.410. The fraction of sp³-hybridized carbons (Fsp3) is 0.500. The molecule has 0 saturated heterocycles. The minimum absolute atomic E-state index is 0. The van der Waals surface area contributed by atoms with Crippen molar-refractivity contribution in [1.82, 2.24) is 10.6 Å². The van der Waals surface area contributed by atoms with Gasteiger partial charge >= 0.3 is 0 Å². The average Bonchev–Trinajstić information content (AvgIpc) is 2.43. The minimum Gasteiger partial charge on any atom is -0.383 e. The molecule has 0 radical (unpaired) electrons. The van der Waals surface area contributed by atoms with E-state index in [1.165, 1.54) is 6.07 Å². The van der Waals surface area contributed by atoms with Crippen molar-refractivity contribution in [2.75, 3.05) is 33.4 Å². The highest BCUT2D eigenvalue weighted by Gasteiger charge is 2.03. The molecule has 0 aromatic heterocycles. The van der Waals surface area contributed by atoms with Gasteiger partial charge in [-0.05, 0) is 37.1 Å². The molecule has 0 spiro atoms. The summed E-state index contributed by atoms with van der Waals surface area (Å²) >= 11 is 3.35. The topological polar surface area (TPSA) is 45.7 Å². The highest BCUT2D eigenvalue weighted by atomic mass is 127. The summed E-state index contributed by atoms with van der Waals surface area (Å²) in [5.41, 5.74) is 0.680. The first-order chi connectivity index (χ1) is 9.67. The number of halogens is 3. The number of hydrogen-bond donors (Lipinski definition) is 2. The van der Waals surface area contributed by atoms with E-state index in [9.17, 15) is 4.39 Å². The van der Waals surface area contributed by atoms with Crippen LogP contribution in [0.25, 0.3) is 0 Å². The molecule has 0 fully saturated rings. The van der Waals surface area contributed by atoms with Crippen LogP contribution in [0, 0.1) is 5.82 Å². The molecule has 2 N–H and O–H groups in total. The molecular weight excluding hydrogens is 452 g/mol. The second-order valence-corrected chi connectivity index (χ2v) is 5.08. The van der Waals surface area contributed by atoms with Crippen LogP contribution in [0.1, 0.15) is 12.5 Å². The summed E-state index contributed by atoms with van der Waals surface area (Å²) in [6, 6.07) is 4.96. The van der Waals surface area contributed by atoms with E-state index in [2.05, 4.69) is 31.6 Å². The molecule has 4 nitrogen and oxygen atoms in total. The second-order valence-electron chi connectivity index (χ2n) is 4.17. The third-order valence-corrected chi connectivity index (χ3v) is 3.10. The summed E-state index contributed by atoms with van der Waals surface area (Å²) in [4.78, 5) is 4.34. The van der Waals surface area contributed by atoms with E-state index in [0.29, 0.717) is 31.7 Å². The van der Waals surface area contributed by atoms with Crippen molar-refractivity contribution in [3.05, 3.63) is 34.1 Å². The highest BCUT2D eigenvalue weighted by Crippen LogP contribution is 2.15. The van der Waals surface area contributed by atoms with Gasteiger partial charge in [0, 0.05) is 24.7 Å². The molecule has 1 aromatic carbocycles. The zero-order valence-electron chi connectivity index (χ0n) is 12.3. The van der Waals surface area contributed by atoms with Gasteiger partial charge in [0.05, 0.1) is 13.2 Å². The first-order valence-electron chi connectivity index (χ1n) is 6.62. The Morgan fingerprint density at radius 3 is 2.81 bits per heavy atom. The van der Waals surface area contributed by atoms with Gasteiger partial charge < -0.3 is 15.4 Å². The van der Waals surface area contributed by atoms with E-state index in [4.69, 9.17) is 4.74 Å². The first-order valence-corrected chi connectivity index (χ1v) is 7.41. The fourth-order valence-corrected chi connectivity index (χ4v) is 2.05. The Bertz CT molecular complexity index is 446. The monoisotopic (exact) mass is 473 g/mol. The predicted molar refractivity (Wildman–Crippen MR) is 99.1 cm³/mol. The van der Waals surface area contributed by atoms with Crippen LogP contribution in [-0.2, 0) is 11.2 Å². The standard InChI is InChI=1S/C14H21BrFN3O.HI/c1-3-17-14(19-8-9-20-2)18-7-6-11-10-12(15)4-5-13(11)16;/h4-5,10H,3,6-9H2,1-2H3,(H2,17,18,19);1H. The maximum Gasteiger partial charge on any atom is 0.191 e. The molecule has 0 heterocycles. The molecule has 21 heavy (non-hydrogen) atoms. The number of nitrogens with zero attached hydrogens (tertiary/aromatic N) is 1. The van der Waals surface area contributed by atoms with Gasteiger partial charge in [0.2, 0.25) is 0 Å². The van der Waals surface area contributed by atoms with Crippen LogP contribution >= 0.6 is 39.9 Å². The van der Waals surface area contributed by atoms with E-state index in [0.717, 1.165) is 17.0 Å². The smallest absolute Gasteiger partial charge is 0.191 e. The number of ether oxygens (including phenoxy) is 1. The number of methoxy groups -OCH3 is 1. The zero-order valence-corrected chi connectivity index (χ0v) is 16.2. The lowest BCUT2D eigenvalue weighted by molar-refractivity contribution is 0.208. The van der Waals surface area contributed by atoms with Crippen molar-refractivity contribution >= 4 is 45.9 Å². The fourth-order valence-electron chi connectivity index (χ4n) is 1.64. The summed E-state index contributed by atoms with van der Waals surface area (Å²) in [6.45, 7) is 4.58. The molecule has 1 aromatic rings. The van der Waals surface area contributed by atoms with Gasteiger partial charge in [0.15, 0.2) is 5.96 Å². The lowest BCUT2D eigenvalue weighted by Crippen LogP contribution is -2.38. The third kappa shape index (κ3) is 8.57. The Morgan fingerprint density at radius 1 is 1.38 bits per heavy atom. The van der Waals surface area contributed by atoms with Gasteiger partial charge in [-0.2, -0.15) is 0 Å². The molecule has 0 atom stereocenters. The molecule has 0 unspecified atom stereocenters. The Labute approximate surface area is 151 Å². The Kier molecular flexibility index (Phi) is 11.9. The van der Waals surface area contributed by atoms with E-state index >= 15 is 0 Å². The zero-order chi connectivity index (χ0) is 14.8. The van der Waals surface area contributed by atoms with Crippen LogP contribution in [0.15, 0.2) is 27.7 Å². The number of guanidine groups is 1. The van der Waals surface area contributed by atoms with Gasteiger partial charge in [0.25, 0.3) is 0 Å². The van der Waals surface area contributed by atoms with Gasteiger partial charge in [-0.25, -0.2) is 4.39 Å². The van der Waals surface area contributed by atoms with Crippen LogP contribution in [-0.4, -0.2) is 39.3 Å². The van der Waals surface area contributed by atoms with Crippen LogP contribution < -0.4 is 10.6 Å². The molecule has 0 amide bonds. The summed E-state index contributed by atoms with van der Waals surface area (Å²) < 4.78 is 19.4. The van der Waals surface area contributed by atoms with Gasteiger partial charge in [-0.1, -0.05) is 15.9 Å². The largest absolute Gasteiger partial charge is 0.383 e. The third-order valence-electron chi connectivity index (χ3n) is 2.60. The number of hydrogen-bond acceptors (Lipinski definition) is 2. The van der Waals surface area contributed by atoms with Crippen molar-refractivity contribution < 1.29 is 9.13 Å². The van der Waals surface area contributed by atoms with Crippen molar-refractivity contribution in [3.63, 3.8) is 0 Å². The van der Waals surface area contributed by atoms with Crippen molar-refractivity contribution in [2.45, 2.75) is 13.3 Å². The Balaban J connectivity index is 0.00000400. The number of nitrogens with one attached hydrogen (secondary N) is 2. The van der Waals surface area contributed by atoms with Crippen LogP contribution in [0.3, 0.4) is 0 Å². The van der Waals surface area contributed by atoms with Crippen molar-refractivity contribution in [1.29, 1.82) is 0 Å². The summed E-state index contributed by atoms with van der Waals surface area (Å²) in [7, 11) is 1.64. The molecular formula is C14H22BrFIN3O. The van der Waals surface area contributed by atoms with E-state index in [-0.39, 0.29) is 29.8 Å². The summed E-state index contributed by atoms with van der Waals surface area (Å²) in [5, 5.41) is 6.31. The molecule has 120 valence electrons.